The molecule has 11 heteroatoms. The van der Waals surface area contributed by atoms with E-state index in [1.807, 2.05) is 4.90 Å². The molecular formula is C16H15FN8O2. The predicted molar refractivity (Wildman–Crippen MR) is 92.2 cm³/mol. The van der Waals surface area contributed by atoms with Gasteiger partial charge < -0.3 is 9.80 Å². The first kappa shape index (κ1) is 16.8. The zero-order valence-corrected chi connectivity index (χ0v) is 14.1. The summed E-state index contributed by atoms with van der Waals surface area (Å²) >= 11 is 0. The van der Waals surface area contributed by atoms with Crippen LogP contribution in [-0.4, -0.2) is 66.9 Å². The fourth-order valence-corrected chi connectivity index (χ4v) is 2.85. The normalized spacial score (nSPS) is 14.4. The van der Waals surface area contributed by atoms with Crippen molar-refractivity contribution >= 4 is 11.8 Å². The molecule has 1 aliphatic rings. The Morgan fingerprint density at radius 2 is 1.89 bits per heavy atom. The van der Waals surface area contributed by atoms with Gasteiger partial charge in [-0.1, -0.05) is 6.07 Å². The van der Waals surface area contributed by atoms with E-state index in [0.29, 0.717) is 30.9 Å². The van der Waals surface area contributed by atoms with E-state index >= 15 is 0 Å². The number of amides is 1. The molecule has 1 fully saturated rings. The Morgan fingerprint density at radius 1 is 1.07 bits per heavy atom. The van der Waals surface area contributed by atoms with Gasteiger partial charge in [0.05, 0.1) is 11.9 Å². The molecule has 4 rings (SSSR count). The fourth-order valence-electron chi connectivity index (χ4n) is 2.85. The number of tetrazole rings is 1. The molecule has 27 heavy (non-hydrogen) atoms. The standard InChI is InChI=1S/C16H15FN8O2/c17-12-2-1-3-13(10-12)24-16(27)25(21-20-24)15(26)23-8-6-22(7-9-23)14-11-18-4-5-19-14/h1-5,10-11H,6-9H2. The molecule has 138 valence electrons. The zero-order valence-electron chi connectivity index (χ0n) is 14.1. The summed E-state index contributed by atoms with van der Waals surface area (Å²) in [5.74, 6) is 0.222. The number of hydrogen-bond donors (Lipinski definition) is 0. The minimum Gasteiger partial charge on any atom is -0.352 e. The molecule has 0 bridgehead atoms. The maximum Gasteiger partial charge on any atom is 0.377 e. The Kier molecular flexibility index (Phi) is 4.32. The van der Waals surface area contributed by atoms with Crippen LogP contribution in [0, 0.1) is 5.82 Å². The topological polar surface area (TPSA) is 102 Å². The van der Waals surface area contributed by atoms with E-state index in [1.54, 1.807) is 18.6 Å². The summed E-state index contributed by atoms with van der Waals surface area (Å²) in [6.45, 7) is 1.90. The summed E-state index contributed by atoms with van der Waals surface area (Å²) in [5.41, 5.74) is -0.548. The van der Waals surface area contributed by atoms with Crippen molar-refractivity contribution in [2.45, 2.75) is 0 Å². The average molecular weight is 370 g/mol. The first-order valence-corrected chi connectivity index (χ1v) is 8.25. The Balaban J connectivity index is 1.49. The second-order valence-electron chi connectivity index (χ2n) is 5.89. The van der Waals surface area contributed by atoms with Crippen LogP contribution in [0.2, 0.25) is 0 Å². The third-order valence-electron chi connectivity index (χ3n) is 4.24. The van der Waals surface area contributed by atoms with Gasteiger partial charge in [-0.2, -0.15) is 4.68 Å². The van der Waals surface area contributed by atoms with Crippen LogP contribution >= 0.6 is 0 Å². The number of aromatic nitrogens is 6. The molecule has 0 saturated carbocycles. The lowest BCUT2D eigenvalue weighted by atomic mass is 10.3. The van der Waals surface area contributed by atoms with Crippen LogP contribution in [-0.2, 0) is 0 Å². The molecular weight excluding hydrogens is 355 g/mol. The highest BCUT2D eigenvalue weighted by molar-refractivity contribution is 5.75. The van der Waals surface area contributed by atoms with Crippen molar-refractivity contribution in [1.82, 2.24) is 34.7 Å². The van der Waals surface area contributed by atoms with Crippen molar-refractivity contribution in [2.75, 3.05) is 31.1 Å². The summed E-state index contributed by atoms with van der Waals surface area (Å²) in [5, 5.41) is 7.32. The third-order valence-corrected chi connectivity index (χ3v) is 4.24. The summed E-state index contributed by atoms with van der Waals surface area (Å²) in [4.78, 5) is 36.9. The van der Waals surface area contributed by atoms with Gasteiger partial charge in [-0.15, -0.1) is 4.68 Å². The molecule has 0 aliphatic carbocycles. The van der Waals surface area contributed by atoms with Crippen molar-refractivity contribution in [1.29, 1.82) is 0 Å². The molecule has 1 saturated heterocycles. The van der Waals surface area contributed by atoms with Crippen LogP contribution < -0.4 is 10.6 Å². The highest BCUT2D eigenvalue weighted by Gasteiger charge is 2.26. The quantitative estimate of drug-likeness (QED) is 0.592. The van der Waals surface area contributed by atoms with Crippen LogP contribution in [0.4, 0.5) is 15.0 Å². The van der Waals surface area contributed by atoms with Gasteiger partial charge in [0.25, 0.3) is 0 Å². The SMILES string of the molecule is O=C(N1CCN(c2cnccn2)CC1)n1nnn(-c2cccc(F)c2)c1=O. The molecule has 0 N–H and O–H groups in total. The second kappa shape index (κ2) is 6.94. The van der Waals surface area contributed by atoms with E-state index in [-0.39, 0.29) is 5.69 Å². The lowest BCUT2D eigenvalue weighted by Crippen LogP contribution is -2.52. The van der Waals surface area contributed by atoms with Gasteiger partial charge in [0.1, 0.15) is 11.6 Å². The minimum atomic E-state index is -0.748. The van der Waals surface area contributed by atoms with Gasteiger partial charge in [-0.3, -0.25) is 4.98 Å². The number of hydrogen-bond acceptors (Lipinski definition) is 7. The molecule has 1 aromatic carbocycles. The monoisotopic (exact) mass is 370 g/mol. The molecule has 0 radical (unpaired) electrons. The average Bonchev–Trinajstić information content (AvgIpc) is 3.09. The molecule has 1 amide bonds. The Labute approximate surface area is 152 Å². The van der Waals surface area contributed by atoms with E-state index < -0.39 is 17.5 Å². The van der Waals surface area contributed by atoms with Crippen LogP contribution in [0.1, 0.15) is 0 Å². The number of carbonyl (C=O) groups is 1. The van der Waals surface area contributed by atoms with Crippen LogP contribution in [0.3, 0.4) is 0 Å². The predicted octanol–water partition coefficient (Wildman–Crippen LogP) is 0.148. The molecule has 10 nitrogen and oxygen atoms in total. The maximum absolute atomic E-state index is 13.4. The molecule has 1 aliphatic heterocycles. The van der Waals surface area contributed by atoms with E-state index in [9.17, 15) is 14.0 Å². The Hall–Kier alpha value is -3.63. The van der Waals surface area contributed by atoms with Crippen LogP contribution in [0.25, 0.3) is 5.69 Å². The van der Waals surface area contributed by atoms with Gasteiger partial charge in [0.2, 0.25) is 0 Å². The van der Waals surface area contributed by atoms with Crippen molar-refractivity contribution in [3.8, 4) is 5.69 Å². The maximum atomic E-state index is 13.4. The van der Waals surface area contributed by atoms with E-state index in [0.717, 1.165) is 16.6 Å². The van der Waals surface area contributed by atoms with Gasteiger partial charge >= 0.3 is 11.7 Å². The van der Waals surface area contributed by atoms with Gasteiger partial charge in [-0.25, -0.2) is 19.0 Å². The summed E-state index contributed by atoms with van der Waals surface area (Å²) in [6, 6.07) is 4.78. The second-order valence-corrected chi connectivity index (χ2v) is 5.89. The number of piperazine rings is 1. The number of benzene rings is 1. The number of nitrogens with zero attached hydrogens (tertiary/aromatic N) is 8. The first-order chi connectivity index (χ1) is 13.1. The fraction of sp³-hybridized carbons (Fsp3) is 0.250. The summed E-state index contributed by atoms with van der Waals surface area (Å²) in [6.07, 6.45) is 4.86. The van der Waals surface area contributed by atoms with E-state index in [1.165, 1.54) is 23.1 Å². The number of halogens is 1. The Morgan fingerprint density at radius 3 is 2.59 bits per heavy atom. The summed E-state index contributed by atoms with van der Waals surface area (Å²) < 4.78 is 14.9. The first-order valence-electron chi connectivity index (χ1n) is 8.25. The lowest BCUT2D eigenvalue weighted by Gasteiger charge is -2.34. The van der Waals surface area contributed by atoms with Crippen molar-refractivity contribution in [3.63, 3.8) is 0 Å². The van der Waals surface area contributed by atoms with Crippen molar-refractivity contribution < 1.29 is 9.18 Å². The Bertz CT molecular complexity index is 1010. The summed E-state index contributed by atoms with van der Waals surface area (Å²) in [7, 11) is 0. The van der Waals surface area contributed by atoms with Gasteiger partial charge in [-0.05, 0) is 28.6 Å². The molecule has 2 aromatic heterocycles. The smallest absolute Gasteiger partial charge is 0.352 e. The number of carbonyl (C=O) groups excluding carboxylic acids is 1. The highest BCUT2D eigenvalue weighted by atomic mass is 19.1. The van der Waals surface area contributed by atoms with Crippen molar-refractivity contribution in [3.05, 3.63) is 59.2 Å². The molecule has 0 unspecified atom stereocenters. The van der Waals surface area contributed by atoms with Gasteiger partial charge in [0.15, 0.2) is 0 Å². The highest BCUT2D eigenvalue weighted by Crippen LogP contribution is 2.12. The lowest BCUT2D eigenvalue weighted by molar-refractivity contribution is 0.191. The van der Waals surface area contributed by atoms with Crippen LogP contribution in [0.15, 0.2) is 47.7 Å². The minimum absolute atomic E-state index is 0.200. The van der Waals surface area contributed by atoms with E-state index in [4.69, 9.17) is 0 Å². The molecule has 0 atom stereocenters. The van der Waals surface area contributed by atoms with Gasteiger partial charge in [0, 0.05) is 38.6 Å². The number of rotatable bonds is 2. The molecule has 0 spiro atoms. The third kappa shape index (κ3) is 3.26. The largest absolute Gasteiger partial charge is 0.377 e. The molecule has 3 heterocycles. The van der Waals surface area contributed by atoms with Crippen LogP contribution in [0.5, 0.6) is 0 Å². The number of anilines is 1. The van der Waals surface area contributed by atoms with E-state index in [2.05, 4.69) is 20.4 Å². The zero-order chi connectivity index (χ0) is 18.8. The molecule has 3 aromatic rings. The van der Waals surface area contributed by atoms with Crippen molar-refractivity contribution in [2.24, 2.45) is 0 Å².